The molecule has 2 unspecified atom stereocenters. The number of terminal acetylenes is 1. The number of hydrogen-bond donors (Lipinski definition) is 3. The van der Waals surface area contributed by atoms with E-state index in [0.717, 1.165) is 31.5 Å². The monoisotopic (exact) mass is 426 g/mol. The summed E-state index contributed by atoms with van der Waals surface area (Å²) in [7, 11) is 0. The summed E-state index contributed by atoms with van der Waals surface area (Å²) in [6.45, 7) is 3.20. The fraction of sp³-hybridized carbons (Fsp3) is 0.565. The number of anilines is 1. The van der Waals surface area contributed by atoms with E-state index in [-0.39, 0.29) is 24.2 Å². The lowest BCUT2D eigenvalue weighted by molar-refractivity contribution is -0.139. The second kappa shape index (κ2) is 9.92. The van der Waals surface area contributed by atoms with Crippen LogP contribution in [0.3, 0.4) is 0 Å². The van der Waals surface area contributed by atoms with Gasteiger partial charge < -0.3 is 20.6 Å². The number of nitrogens with one attached hydrogen (secondary N) is 2. The quantitative estimate of drug-likeness (QED) is 0.383. The van der Waals surface area contributed by atoms with E-state index in [9.17, 15) is 14.4 Å². The van der Waals surface area contributed by atoms with Gasteiger partial charge >= 0.3 is 5.97 Å². The minimum absolute atomic E-state index is 0.0531. The van der Waals surface area contributed by atoms with Crippen molar-refractivity contribution in [3.05, 3.63) is 24.5 Å². The lowest BCUT2D eigenvalue weighted by Crippen LogP contribution is -2.67. The highest BCUT2D eigenvalue weighted by atomic mass is 16.4. The largest absolute Gasteiger partial charge is 0.481 e. The van der Waals surface area contributed by atoms with E-state index in [1.54, 1.807) is 24.5 Å². The highest BCUT2D eigenvalue weighted by Gasteiger charge is 2.55. The van der Waals surface area contributed by atoms with Crippen LogP contribution in [-0.4, -0.2) is 58.5 Å². The predicted octanol–water partition coefficient (Wildman–Crippen LogP) is 1.36. The molecule has 166 valence electrons. The number of pyridine rings is 1. The van der Waals surface area contributed by atoms with E-state index < -0.39 is 29.9 Å². The Kier molecular flexibility index (Phi) is 7.29. The number of nitrogens with zero attached hydrogens (tertiary/aromatic N) is 2. The predicted molar refractivity (Wildman–Crippen MR) is 116 cm³/mol. The van der Waals surface area contributed by atoms with Gasteiger partial charge in [-0.3, -0.25) is 19.4 Å². The minimum Gasteiger partial charge on any atom is -0.481 e. The molecule has 1 saturated heterocycles. The Labute approximate surface area is 182 Å². The zero-order chi connectivity index (χ0) is 22.4. The summed E-state index contributed by atoms with van der Waals surface area (Å²) in [4.78, 5) is 45.0. The van der Waals surface area contributed by atoms with Gasteiger partial charge in [-0.15, -0.1) is 6.42 Å². The van der Waals surface area contributed by atoms with Gasteiger partial charge in [0.2, 0.25) is 0 Å². The molecule has 1 aromatic rings. The summed E-state index contributed by atoms with van der Waals surface area (Å²) in [6, 6.07) is 2.67. The summed E-state index contributed by atoms with van der Waals surface area (Å²) in [5, 5.41) is 15.1. The van der Waals surface area contributed by atoms with Crippen molar-refractivity contribution in [1.29, 1.82) is 0 Å². The SMILES string of the molecule is C#C[C@H](CC(=O)O)NC(=O)C(CC)(C(=O)C1CCCNC1)N(c1ccncc1)C1CC1. The van der Waals surface area contributed by atoms with Gasteiger partial charge in [0.15, 0.2) is 11.3 Å². The van der Waals surface area contributed by atoms with Crippen molar-refractivity contribution in [1.82, 2.24) is 15.6 Å². The van der Waals surface area contributed by atoms with Crippen LogP contribution in [0.25, 0.3) is 0 Å². The molecule has 1 aliphatic heterocycles. The number of rotatable bonds is 10. The average Bonchev–Trinajstić information content (AvgIpc) is 3.62. The lowest BCUT2D eigenvalue weighted by atomic mass is 9.77. The Bertz CT molecular complexity index is 843. The lowest BCUT2D eigenvalue weighted by Gasteiger charge is -2.45. The normalized spacial score (nSPS) is 21.2. The first-order valence-corrected chi connectivity index (χ1v) is 10.9. The first kappa shape index (κ1) is 22.8. The third-order valence-electron chi connectivity index (χ3n) is 6.11. The maximum atomic E-state index is 14.0. The molecule has 3 rings (SSSR count). The van der Waals surface area contributed by atoms with Crippen molar-refractivity contribution in [3.8, 4) is 12.3 Å². The van der Waals surface area contributed by atoms with Crippen molar-refractivity contribution >= 4 is 23.3 Å². The van der Waals surface area contributed by atoms with Gasteiger partial charge in [0.05, 0.1) is 6.42 Å². The molecule has 0 aromatic carbocycles. The van der Waals surface area contributed by atoms with E-state index in [4.69, 9.17) is 11.5 Å². The molecule has 8 nitrogen and oxygen atoms in total. The Morgan fingerprint density at radius 2 is 2.06 bits per heavy atom. The molecule has 1 aliphatic carbocycles. The van der Waals surface area contributed by atoms with Crippen LogP contribution in [0.4, 0.5) is 5.69 Å². The fourth-order valence-electron chi connectivity index (χ4n) is 4.44. The second-order valence-corrected chi connectivity index (χ2v) is 8.22. The number of Topliss-reactive ketones (excluding diaryl/α,β-unsaturated/α-hetero) is 1. The molecule has 1 amide bonds. The number of ketones is 1. The zero-order valence-corrected chi connectivity index (χ0v) is 17.8. The van der Waals surface area contributed by atoms with Crippen LogP contribution in [0.1, 0.15) is 45.4 Å². The summed E-state index contributed by atoms with van der Waals surface area (Å²) < 4.78 is 0. The number of amides is 1. The summed E-state index contributed by atoms with van der Waals surface area (Å²) in [5.74, 6) is 0.255. The molecule has 1 saturated carbocycles. The summed E-state index contributed by atoms with van der Waals surface area (Å²) in [5.41, 5.74) is -0.720. The van der Waals surface area contributed by atoms with Gasteiger partial charge in [-0.1, -0.05) is 12.8 Å². The molecule has 1 aromatic heterocycles. The molecular formula is C23H30N4O4. The number of piperidine rings is 1. The fourth-order valence-corrected chi connectivity index (χ4v) is 4.44. The number of carbonyl (C=O) groups excluding carboxylic acids is 2. The van der Waals surface area contributed by atoms with Crippen molar-refractivity contribution < 1.29 is 19.5 Å². The van der Waals surface area contributed by atoms with Crippen LogP contribution in [0.2, 0.25) is 0 Å². The standard InChI is InChI=1S/C23H30N4O4/c1-3-17(14-20(28)29)26-22(31)23(4-2,21(30)16-6-5-11-25-15-16)27(18-7-8-18)19-9-12-24-13-10-19/h1,9-10,12-13,16-18,25H,4-8,11,14-15H2,2H3,(H,26,31)(H,28,29)/t16?,17-,23?/m1/s1. The van der Waals surface area contributed by atoms with Crippen LogP contribution < -0.4 is 15.5 Å². The average molecular weight is 427 g/mol. The highest BCUT2D eigenvalue weighted by Crippen LogP contribution is 2.41. The Balaban J connectivity index is 2.05. The van der Waals surface area contributed by atoms with Crippen molar-refractivity contribution in [3.63, 3.8) is 0 Å². The second-order valence-electron chi connectivity index (χ2n) is 8.22. The third kappa shape index (κ3) is 4.88. The number of hydrogen-bond acceptors (Lipinski definition) is 6. The molecule has 2 fully saturated rings. The molecule has 8 heteroatoms. The van der Waals surface area contributed by atoms with E-state index in [0.29, 0.717) is 13.0 Å². The van der Waals surface area contributed by atoms with E-state index in [2.05, 4.69) is 21.5 Å². The maximum Gasteiger partial charge on any atom is 0.306 e. The topological polar surface area (TPSA) is 112 Å². The molecule has 31 heavy (non-hydrogen) atoms. The van der Waals surface area contributed by atoms with Crippen LogP contribution in [0, 0.1) is 18.3 Å². The maximum absolute atomic E-state index is 14.0. The Morgan fingerprint density at radius 3 is 2.58 bits per heavy atom. The molecule has 0 radical (unpaired) electrons. The molecule has 3 atom stereocenters. The molecule has 2 aliphatic rings. The van der Waals surface area contributed by atoms with E-state index >= 15 is 0 Å². The van der Waals surface area contributed by atoms with Crippen molar-refractivity contribution in [2.45, 2.75) is 63.1 Å². The molecule has 0 spiro atoms. The molecule has 3 N–H and O–H groups in total. The first-order chi connectivity index (χ1) is 14.9. The van der Waals surface area contributed by atoms with Gasteiger partial charge in [0.1, 0.15) is 6.04 Å². The Morgan fingerprint density at radius 1 is 1.35 bits per heavy atom. The van der Waals surface area contributed by atoms with Crippen molar-refractivity contribution in [2.75, 3.05) is 18.0 Å². The van der Waals surface area contributed by atoms with Crippen LogP contribution in [0.15, 0.2) is 24.5 Å². The number of aromatic nitrogens is 1. The zero-order valence-electron chi connectivity index (χ0n) is 17.8. The van der Waals surface area contributed by atoms with Crippen molar-refractivity contribution in [2.24, 2.45) is 5.92 Å². The van der Waals surface area contributed by atoms with E-state index in [1.807, 2.05) is 11.8 Å². The molecule has 2 heterocycles. The van der Waals surface area contributed by atoms with Gasteiger partial charge in [0.25, 0.3) is 5.91 Å². The molecular weight excluding hydrogens is 396 g/mol. The summed E-state index contributed by atoms with van der Waals surface area (Å²) >= 11 is 0. The summed E-state index contributed by atoms with van der Waals surface area (Å²) in [6.07, 6.45) is 11.9. The van der Waals surface area contributed by atoms with Gasteiger partial charge in [-0.2, -0.15) is 0 Å². The number of carboxylic acid groups (broad SMARTS) is 1. The number of carbonyl (C=O) groups is 3. The van der Waals surface area contributed by atoms with E-state index in [1.165, 1.54) is 0 Å². The Hall–Kier alpha value is -2.92. The third-order valence-corrected chi connectivity index (χ3v) is 6.11. The smallest absolute Gasteiger partial charge is 0.306 e. The highest BCUT2D eigenvalue weighted by molar-refractivity contribution is 6.15. The number of aliphatic carboxylic acids is 1. The van der Waals surface area contributed by atoms with Gasteiger partial charge in [-0.05, 0) is 50.8 Å². The van der Waals surface area contributed by atoms with Crippen LogP contribution >= 0.6 is 0 Å². The van der Waals surface area contributed by atoms with Crippen LogP contribution in [-0.2, 0) is 14.4 Å². The van der Waals surface area contributed by atoms with Gasteiger partial charge in [0, 0.05) is 36.6 Å². The number of carboxylic acids is 1. The van der Waals surface area contributed by atoms with Crippen LogP contribution in [0.5, 0.6) is 0 Å². The first-order valence-electron chi connectivity index (χ1n) is 10.9. The minimum atomic E-state index is -1.47. The molecule has 0 bridgehead atoms. The van der Waals surface area contributed by atoms with Gasteiger partial charge in [-0.25, -0.2) is 0 Å².